The van der Waals surface area contributed by atoms with Gasteiger partial charge in [-0.25, -0.2) is 0 Å². The fourth-order valence-corrected chi connectivity index (χ4v) is 8.49. The summed E-state index contributed by atoms with van der Waals surface area (Å²) in [7, 11) is 0. The van der Waals surface area contributed by atoms with Crippen LogP contribution in [0.15, 0.2) is 0 Å². The van der Waals surface area contributed by atoms with Gasteiger partial charge in [-0.1, -0.05) is 6.92 Å². The minimum absolute atomic E-state index is 0.0128. The predicted octanol–water partition coefficient (Wildman–Crippen LogP) is 5.80. The first-order chi connectivity index (χ1) is 11.3. The van der Waals surface area contributed by atoms with Crippen molar-refractivity contribution in [2.45, 2.75) is 108 Å². The molecule has 0 aromatic carbocycles. The van der Waals surface area contributed by atoms with Crippen LogP contribution in [-0.2, 0) is 9.53 Å². The fraction of sp³-hybridized carbons (Fsp3) is 0.947. The number of hydrogen-bond donors (Lipinski definition) is 0. The first kappa shape index (κ1) is 23.5. The second-order valence-corrected chi connectivity index (χ2v) is 14.0. The average molecular weight is 456 g/mol. The summed E-state index contributed by atoms with van der Waals surface area (Å²) in [4.78, 5) is 11.2. The zero-order valence-corrected chi connectivity index (χ0v) is 18.9. The molecular formula is C19H38O2Se2. The van der Waals surface area contributed by atoms with Crippen LogP contribution in [0.3, 0.4) is 0 Å². The van der Waals surface area contributed by atoms with Crippen LogP contribution >= 0.6 is 0 Å². The van der Waals surface area contributed by atoms with Gasteiger partial charge in [0.2, 0.25) is 0 Å². The summed E-state index contributed by atoms with van der Waals surface area (Å²) < 4.78 is 5.18. The molecule has 0 atom stereocenters. The van der Waals surface area contributed by atoms with E-state index >= 15 is 0 Å². The normalized spacial score (nSPS) is 10.9. The van der Waals surface area contributed by atoms with Crippen LogP contribution in [0, 0.1) is 0 Å². The Morgan fingerprint density at radius 2 is 1.22 bits per heavy atom. The van der Waals surface area contributed by atoms with E-state index < -0.39 is 0 Å². The van der Waals surface area contributed by atoms with Crippen molar-refractivity contribution < 1.29 is 9.53 Å². The van der Waals surface area contributed by atoms with Gasteiger partial charge in [-0.3, -0.25) is 0 Å². The maximum atomic E-state index is 11.2. The summed E-state index contributed by atoms with van der Waals surface area (Å²) in [6, 6.07) is 0. The second kappa shape index (κ2) is 20.6. The van der Waals surface area contributed by atoms with Crippen molar-refractivity contribution in [1.29, 1.82) is 0 Å². The zero-order valence-electron chi connectivity index (χ0n) is 15.4. The molecule has 0 N–H and O–H groups in total. The molecule has 0 spiro atoms. The van der Waals surface area contributed by atoms with Crippen molar-refractivity contribution in [2.24, 2.45) is 0 Å². The van der Waals surface area contributed by atoms with Crippen molar-refractivity contribution in [3.05, 3.63) is 0 Å². The van der Waals surface area contributed by atoms with E-state index in [9.17, 15) is 4.79 Å². The molecule has 0 radical (unpaired) electrons. The molecule has 0 saturated heterocycles. The van der Waals surface area contributed by atoms with Crippen molar-refractivity contribution >= 4 is 32.2 Å². The van der Waals surface area contributed by atoms with Crippen LogP contribution in [0.5, 0.6) is 0 Å². The molecule has 4 heteroatoms. The molecule has 2 nitrogen and oxygen atoms in total. The van der Waals surface area contributed by atoms with Gasteiger partial charge >= 0.3 is 149 Å². The third-order valence-corrected chi connectivity index (χ3v) is 11.3. The van der Waals surface area contributed by atoms with Crippen molar-refractivity contribution in [1.82, 2.24) is 0 Å². The third kappa shape index (κ3) is 20.5. The first-order valence-electron chi connectivity index (χ1n) is 9.71. The number of carbonyl (C=O) groups excluding carboxylic acids is 1. The quantitative estimate of drug-likeness (QED) is 0.148. The van der Waals surface area contributed by atoms with E-state index in [0.717, 1.165) is 38.0 Å². The monoisotopic (exact) mass is 458 g/mol. The molecule has 0 aliphatic heterocycles. The Kier molecular flexibility index (Phi) is 21.0. The standard InChI is InChI=1S/C19H38O2Se2/c1-3-5-6-7-8-9-10-11-12-13-14-17-22-23-18-16-21-19(20)15-4-2/h3-18H2,1-2H3. The summed E-state index contributed by atoms with van der Waals surface area (Å²) in [5.74, 6) is -0.0128. The summed E-state index contributed by atoms with van der Waals surface area (Å²) in [5, 5.41) is 2.56. The van der Waals surface area contributed by atoms with Crippen molar-refractivity contribution in [3.8, 4) is 0 Å². The maximum absolute atomic E-state index is 11.2. The molecule has 0 saturated carbocycles. The van der Waals surface area contributed by atoms with E-state index in [1.54, 1.807) is 0 Å². The molecule has 0 aromatic rings. The van der Waals surface area contributed by atoms with E-state index in [2.05, 4.69) is 6.92 Å². The first-order valence-corrected chi connectivity index (χ1v) is 16.5. The Hall–Kier alpha value is 0.509. The van der Waals surface area contributed by atoms with Crippen LogP contribution < -0.4 is 0 Å². The van der Waals surface area contributed by atoms with Crippen LogP contribution in [0.25, 0.3) is 0 Å². The third-order valence-electron chi connectivity index (χ3n) is 3.80. The minimum atomic E-state index is -0.0128. The summed E-state index contributed by atoms with van der Waals surface area (Å²) in [6.45, 7) is 4.96. The van der Waals surface area contributed by atoms with Gasteiger partial charge in [0.25, 0.3) is 0 Å². The van der Waals surface area contributed by atoms with E-state index in [-0.39, 0.29) is 5.97 Å². The van der Waals surface area contributed by atoms with E-state index in [1.807, 2.05) is 6.92 Å². The topological polar surface area (TPSA) is 26.3 Å². The number of ether oxygens (including phenoxy) is 1. The van der Waals surface area contributed by atoms with Gasteiger partial charge in [0.1, 0.15) is 0 Å². The number of hydrogen-bond acceptors (Lipinski definition) is 2. The Morgan fingerprint density at radius 3 is 1.78 bits per heavy atom. The Morgan fingerprint density at radius 1 is 0.696 bits per heavy atom. The molecule has 0 bridgehead atoms. The SMILES string of the molecule is CCCCCCCCCCCCC[Se][Se]CCOC(=O)CCC. The van der Waals surface area contributed by atoms with E-state index in [4.69, 9.17) is 4.74 Å². The molecule has 0 unspecified atom stereocenters. The van der Waals surface area contributed by atoms with Crippen molar-refractivity contribution in [3.63, 3.8) is 0 Å². The molecule has 0 rings (SSSR count). The van der Waals surface area contributed by atoms with Gasteiger partial charge in [-0.05, 0) is 0 Å². The number of carbonyl (C=O) groups is 1. The average Bonchev–Trinajstić information content (AvgIpc) is 2.54. The summed E-state index contributed by atoms with van der Waals surface area (Å²) in [6.07, 6.45) is 17.2. The number of unbranched alkanes of at least 4 members (excludes halogenated alkanes) is 10. The van der Waals surface area contributed by atoms with Crippen molar-refractivity contribution in [2.75, 3.05) is 6.61 Å². The van der Waals surface area contributed by atoms with Gasteiger partial charge in [0.05, 0.1) is 0 Å². The molecule has 0 aromatic heterocycles. The van der Waals surface area contributed by atoms with Crippen LogP contribution in [0.4, 0.5) is 0 Å². The molecule has 0 aliphatic carbocycles. The fourth-order valence-electron chi connectivity index (χ4n) is 2.41. The predicted molar refractivity (Wildman–Crippen MR) is 103 cm³/mol. The van der Waals surface area contributed by atoms with Gasteiger partial charge in [0.15, 0.2) is 0 Å². The van der Waals surface area contributed by atoms with E-state index in [1.165, 1.54) is 75.9 Å². The van der Waals surface area contributed by atoms with Gasteiger partial charge < -0.3 is 0 Å². The molecule has 23 heavy (non-hydrogen) atoms. The number of rotatable bonds is 18. The van der Waals surface area contributed by atoms with Gasteiger partial charge in [-0.15, -0.1) is 0 Å². The van der Waals surface area contributed by atoms with Gasteiger partial charge in [0, 0.05) is 0 Å². The van der Waals surface area contributed by atoms with Crippen LogP contribution in [0.1, 0.15) is 97.3 Å². The second-order valence-electron chi connectivity index (χ2n) is 6.15. The Labute approximate surface area is 156 Å². The molecule has 138 valence electrons. The number of esters is 1. The zero-order chi connectivity index (χ0) is 17.0. The molecule has 0 aliphatic rings. The molecule has 0 heterocycles. The summed E-state index contributed by atoms with van der Waals surface area (Å²) in [5.41, 5.74) is 0. The van der Waals surface area contributed by atoms with Crippen LogP contribution in [-0.4, -0.2) is 38.8 Å². The molecular weight excluding hydrogens is 418 g/mol. The van der Waals surface area contributed by atoms with Crippen LogP contribution in [0.2, 0.25) is 10.6 Å². The Bertz CT molecular complexity index is 248. The van der Waals surface area contributed by atoms with Gasteiger partial charge in [-0.2, -0.15) is 0 Å². The van der Waals surface area contributed by atoms with E-state index in [0.29, 0.717) is 13.0 Å². The molecule has 0 amide bonds. The molecule has 0 fully saturated rings. The summed E-state index contributed by atoms with van der Waals surface area (Å²) >= 11 is 1.56. The Balaban J connectivity index is 3.01.